The molecule has 3 rings (SSSR count). The van der Waals surface area contributed by atoms with E-state index in [1.54, 1.807) is 6.20 Å². The number of imidazole rings is 1. The highest BCUT2D eigenvalue weighted by Gasteiger charge is 2.15. The van der Waals surface area contributed by atoms with Crippen LogP contribution in [0.15, 0.2) is 18.3 Å². The number of rotatable bonds is 2. The van der Waals surface area contributed by atoms with Crippen molar-refractivity contribution in [2.75, 3.05) is 5.73 Å². The van der Waals surface area contributed by atoms with E-state index in [0.29, 0.717) is 5.82 Å². The van der Waals surface area contributed by atoms with E-state index in [2.05, 4.69) is 33.4 Å². The predicted octanol–water partition coefficient (Wildman–Crippen LogP) is 2.14. The smallest absolute Gasteiger partial charge is 0.152 e. The fourth-order valence-electron chi connectivity index (χ4n) is 2.38. The lowest BCUT2D eigenvalue weighted by atomic mass is 10.2. The fraction of sp³-hybridized carbons (Fsp3) is 0.308. The van der Waals surface area contributed by atoms with Crippen molar-refractivity contribution in [3.05, 3.63) is 24.2 Å². The van der Waals surface area contributed by atoms with Crippen molar-refractivity contribution in [2.45, 2.75) is 26.8 Å². The average molecular weight is 241 g/mol. The minimum Gasteiger partial charge on any atom is -0.382 e. The third kappa shape index (κ3) is 1.37. The molecule has 0 amide bonds. The second kappa shape index (κ2) is 3.94. The van der Waals surface area contributed by atoms with Gasteiger partial charge in [-0.2, -0.15) is 0 Å². The summed E-state index contributed by atoms with van der Waals surface area (Å²) in [7, 11) is 0. The number of hydrogen-bond acceptors (Lipinski definition) is 4. The van der Waals surface area contributed by atoms with Crippen LogP contribution in [0.2, 0.25) is 0 Å². The largest absolute Gasteiger partial charge is 0.382 e. The SMILES string of the molecule is CCc1nc2c(N)nc3cccnc3c2n1CC. The van der Waals surface area contributed by atoms with Crippen LogP contribution in [0.25, 0.3) is 22.1 Å². The van der Waals surface area contributed by atoms with Crippen LogP contribution in [0.3, 0.4) is 0 Å². The Bertz CT molecular complexity index is 729. The maximum absolute atomic E-state index is 6.00. The van der Waals surface area contributed by atoms with Crippen LogP contribution in [0.5, 0.6) is 0 Å². The van der Waals surface area contributed by atoms with Crippen LogP contribution in [0.4, 0.5) is 5.82 Å². The standard InChI is InChI=1S/C13H15N5/c1-3-9-17-11-12(18(9)4-2)10-8(16-13(11)14)6-5-7-15-10/h5-7H,3-4H2,1-2H3,(H2,14,16). The molecule has 3 aromatic rings. The summed E-state index contributed by atoms with van der Waals surface area (Å²) < 4.78 is 2.17. The molecular formula is C13H15N5. The van der Waals surface area contributed by atoms with Gasteiger partial charge in [-0.25, -0.2) is 9.97 Å². The van der Waals surface area contributed by atoms with Crippen molar-refractivity contribution in [1.82, 2.24) is 19.5 Å². The lowest BCUT2D eigenvalue weighted by molar-refractivity contribution is 0.727. The Hall–Kier alpha value is -2.17. The van der Waals surface area contributed by atoms with E-state index in [1.807, 2.05) is 12.1 Å². The van der Waals surface area contributed by atoms with Gasteiger partial charge < -0.3 is 10.3 Å². The minimum atomic E-state index is 0.479. The van der Waals surface area contributed by atoms with E-state index < -0.39 is 0 Å². The molecule has 0 bridgehead atoms. The lowest BCUT2D eigenvalue weighted by Crippen LogP contribution is -2.01. The molecule has 18 heavy (non-hydrogen) atoms. The summed E-state index contributed by atoms with van der Waals surface area (Å²) in [5, 5.41) is 0. The molecule has 0 fully saturated rings. The van der Waals surface area contributed by atoms with Crippen LogP contribution in [-0.4, -0.2) is 19.5 Å². The van der Waals surface area contributed by atoms with Crippen LogP contribution < -0.4 is 5.73 Å². The number of fused-ring (bicyclic) bond motifs is 3. The lowest BCUT2D eigenvalue weighted by Gasteiger charge is -2.06. The Labute approximate surface area is 105 Å². The molecule has 2 N–H and O–H groups in total. The van der Waals surface area contributed by atoms with Crippen LogP contribution in [-0.2, 0) is 13.0 Å². The van der Waals surface area contributed by atoms with Gasteiger partial charge in [0.2, 0.25) is 0 Å². The number of nitrogens with zero attached hydrogens (tertiary/aromatic N) is 4. The molecule has 0 aromatic carbocycles. The van der Waals surface area contributed by atoms with Crippen LogP contribution in [0.1, 0.15) is 19.7 Å². The van der Waals surface area contributed by atoms with E-state index in [9.17, 15) is 0 Å². The van der Waals surface area contributed by atoms with Gasteiger partial charge in [-0.3, -0.25) is 4.98 Å². The minimum absolute atomic E-state index is 0.479. The topological polar surface area (TPSA) is 69.6 Å². The van der Waals surface area contributed by atoms with Crippen molar-refractivity contribution in [1.29, 1.82) is 0 Å². The molecule has 0 saturated carbocycles. The molecule has 0 aliphatic rings. The Balaban J connectivity index is 2.56. The molecule has 0 atom stereocenters. The Morgan fingerprint density at radius 1 is 1.22 bits per heavy atom. The average Bonchev–Trinajstić information content (AvgIpc) is 2.78. The maximum Gasteiger partial charge on any atom is 0.152 e. The molecule has 92 valence electrons. The summed E-state index contributed by atoms with van der Waals surface area (Å²) in [6, 6.07) is 3.80. The van der Waals surface area contributed by atoms with Crippen molar-refractivity contribution in [3.8, 4) is 0 Å². The van der Waals surface area contributed by atoms with E-state index in [-0.39, 0.29) is 0 Å². The van der Waals surface area contributed by atoms with Gasteiger partial charge in [0.15, 0.2) is 5.82 Å². The summed E-state index contributed by atoms with van der Waals surface area (Å²) in [5.41, 5.74) is 9.45. The van der Waals surface area contributed by atoms with E-state index in [0.717, 1.165) is 40.9 Å². The van der Waals surface area contributed by atoms with Gasteiger partial charge in [0, 0.05) is 19.2 Å². The molecular weight excluding hydrogens is 226 g/mol. The van der Waals surface area contributed by atoms with Gasteiger partial charge in [0.25, 0.3) is 0 Å². The summed E-state index contributed by atoms with van der Waals surface area (Å²) in [6.07, 6.45) is 2.65. The summed E-state index contributed by atoms with van der Waals surface area (Å²) in [6.45, 7) is 5.05. The predicted molar refractivity (Wildman–Crippen MR) is 72.3 cm³/mol. The van der Waals surface area contributed by atoms with Gasteiger partial charge in [0.05, 0.1) is 5.52 Å². The summed E-state index contributed by atoms with van der Waals surface area (Å²) in [4.78, 5) is 13.4. The molecule has 3 aromatic heterocycles. The molecule has 5 heteroatoms. The first-order valence-corrected chi connectivity index (χ1v) is 6.15. The molecule has 3 heterocycles. The maximum atomic E-state index is 6.00. The first-order chi connectivity index (χ1) is 8.76. The van der Waals surface area contributed by atoms with Gasteiger partial charge in [-0.15, -0.1) is 0 Å². The zero-order chi connectivity index (χ0) is 12.7. The molecule has 0 spiro atoms. The van der Waals surface area contributed by atoms with Gasteiger partial charge >= 0.3 is 0 Å². The van der Waals surface area contributed by atoms with Gasteiger partial charge in [-0.05, 0) is 19.1 Å². The number of nitrogen functional groups attached to an aromatic ring is 1. The first-order valence-electron chi connectivity index (χ1n) is 6.15. The second-order valence-corrected chi connectivity index (χ2v) is 4.19. The summed E-state index contributed by atoms with van der Waals surface area (Å²) >= 11 is 0. The third-order valence-electron chi connectivity index (χ3n) is 3.17. The van der Waals surface area contributed by atoms with Crippen molar-refractivity contribution < 1.29 is 0 Å². The molecule has 0 radical (unpaired) electrons. The zero-order valence-corrected chi connectivity index (χ0v) is 10.5. The molecule has 0 unspecified atom stereocenters. The molecule has 0 saturated heterocycles. The van der Waals surface area contributed by atoms with Gasteiger partial charge in [-0.1, -0.05) is 6.92 Å². The number of nitrogens with two attached hydrogens (primary N) is 1. The van der Waals surface area contributed by atoms with Gasteiger partial charge in [0.1, 0.15) is 22.4 Å². The highest BCUT2D eigenvalue weighted by atomic mass is 15.1. The number of aryl methyl sites for hydroxylation is 2. The highest BCUT2D eigenvalue weighted by Crippen LogP contribution is 2.27. The second-order valence-electron chi connectivity index (χ2n) is 4.19. The normalized spacial score (nSPS) is 11.4. The number of pyridine rings is 2. The number of anilines is 1. The number of hydrogen-bond donors (Lipinski definition) is 1. The Morgan fingerprint density at radius 2 is 2.06 bits per heavy atom. The van der Waals surface area contributed by atoms with E-state index in [4.69, 9.17) is 5.73 Å². The molecule has 0 aliphatic heterocycles. The molecule has 0 aliphatic carbocycles. The van der Waals surface area contributed by atoms with Crippen molar-refractivity contribution in [2.24, 2.45) is 0 Å². The number of aromatic nitrogens is 4. The monoisotopic (exact) mass is 241 g/mol. The van der Waals surface area contributed by atoms with Crippen LogP contribution in [0, 0.1) is 0 Å². The fourth-order valence-corrected chi connectivity index (χ4v) is 2.38. The van der Waals surface area contributed by atoms with Crippen LogP contribution >= 0.6 is 0 Å². The first kappa shape index (κ1) is 11.0. The quantitative estimate of drug-likeness (QED) is 0.746. The molecule has 5 nitrogen and oxygen atoms in total. The Morgan fingerprint density at radius 3 is 2.78 bits per heavy atom. The van der Waals surface area contributed by atoms with Crippen molar-refractivity contribution in [3.63, 3.8) is 0 Å². The third-order valence-corrected chi connectivity index (χ3v) is 3.17. The highest BCUT2D eigenvalue weighted by molar-refractivity contribution is 6.04. The summed E-state index contributed by atoms with van der Waals surface area (Å²) in [5.74, 6) is 1.51. The van der Waals surface area contributed by atoms with Crippen molar-refractivity contribution >= 4 is 27.9 Å². The van der Waals surface area contributed by atoms with E-state index >= 15 is 0 Å². The zero-order valence-electron chi connectivity index (χ0n) is 10.5. The van der Waals surface area contributed by atoms with E-state index in [1.165, 1.54) is 0 Å². The Kier molecular flexibility index (Phi) is 2.40.